The van der Waals surface area contributed by atoms with Crippen molar-refractivity contribution < 1.29 is 14.3 Å². The van der Waals surface area contributed by atoms with E-state index in [1.165, 1.54) is 28.5 Å². The third kappa shape index (κ3) is 6.59. The Kier molecular flexibility index (Phi) is 8.12. The van der Waals surface area contributed by atoms with E-state index in [4.69, 9.17) is 9.47 Å². The van der Waals surface area contributed by atoms with Crippen LogP contribution in [0, 0.1) is 25.2 Å². The Balaban J connectivity index is 1.30. The SMILES string of the molecule is Cc1ccc(OCCOc2ccc(/C=C(/C#N)C(=O)Nc3nc(-c4ccccc4)cs3)cc2)cc1C. The number of aromatic nitrogens is 1. The van der Waals surface area contributed by atoms with E-state index in [1.54, 1.807) is 24.3 Å². The van der Waals surface area contributed by atoms with Crippen molar-refractivity contribution >= 4 is 28.5 Å². The van der Waals surface area contributed by atoms with Gasteiger partial charge in [-0.05, 0) is 60.9 Å². The average molecular weight is 496 g/mol. The van der Waals surface area contributed by atoms with E-state index in [0.717, 1.165) is 17.0 Å². The molecule has 7 heteroatoms. The summed E-state index contributed by atoms with van der Waals surface area (Å²) in [5, 5.41) is 14.5. The van der Waals surface area contributed by atoms with Crippen molar-refractivity contribution in [1.82, 2.24) is 4.98 Å². The van der Waals surface area contributed by atoms with E-state index in [-0.39, 0.29) is 5.57 Å². The Hall–Kier alpha value is -4.41. The highest BCUT2D eigenvalue weighted by Crippen LogP contribution is 2.25. The number of benzene rings is 3. The Morgan fingerprint density at radius 3 is 2.36 bits per heavy atom. The molecule has 36 heavy (non-hydrogen) atoms. The molecule has 4 aromatic rings. The first-order chi connectivity index (χ1) is 17.5. The number of nitrogens with one attached hydrogen (secondary N) is 1. The van der Waals surface area contributed by atoms with Gasteiger partial charge in [0.05, 0.1) is 5.69 Å². The van der Waals surface area contributed by atoms with Crippen LogP contribution >= 0.6 is 11.3 Å². The van der Waals surface area contributed by atoms with Gasteiger partial charge >= 0.3 is 0 Å². The second kappa shape index (κ2) is 11.8. The molecular weight excluding hydrogens is 470 g/mol. The number of nitrogens with zero attached hydrogens (tertiary/aromatic N) is 2. The van der Waals surface area contributed by atoms with Crippen LogP contribution in [-0.2, 0) is 4.79 Å². The maximum Gasteiger partial charge on any atom is 0.268 e. The summed E-state index contributed by atoms with van der Waals surface area (Å²) >= 11 is 1.31. The predicted octanol–water partition coefficient (Wildman–Crippen LogP) is 6.43. The van der Waals surface area contributed by atoms with Crippen molar-refractivity contribution in [2.75, 3.05) is 18.5 Å². The lowest BCUT2D eigenvalue weighted by Crippen LogP contribution is -2.13. The first-order valence-corrected chi connectivity index (χ1v) is 12.3. The fourth-order valence-electron chi connectivity index (χ4n) is 3.34. The van der Waals surface area contributed by atoms with Crippen molar-refractivity contribution in [2.45, 2.75) is 13.8 Å². The van der Waals surface area contributed by atoms with E-state index in [1.807, 2.05) is 60.0 Å². The predicted molar refractivity (Wildman–Crippen MR) is 143 cm³/mol. The molecule has 0 aliphatic rings. The fourth-order valence-corrected chi connectivity index (χ4v) is 4.05. The van der Waals surface area contributed by atoms with Crippen LogP contribution in [0.15, 0.2) is 83.7 Å². The van der Waals surface area contributed by atoms with Gasteiger partial charge in [-0.15, -0.1) is 11.3 Å². The zero-order valence-corrected chi connectivity index (χ0v) is 20.8. The number of carbonyl (C=O) groups is 1. The molecule has 6 nitrogen and oxygen atoms in total. The van der Waals surface area contributed by atoms with Gasteiger partial charge in [-0.25, -0.2) is 4.98 Å². The molecule has 0 saturated carbocycles. The summed E-state index contributed by atoms with van der Waals surface area (Å²) in [4.78, 5) is 17.1. The molecular formula is C29H25N3O3S. The highest BCUT2D eigenvalue weighted by Gasteiger charge is 2.12. The van der Waals surface area contributed by atoms with Crippen LogP contribution < -0.4 is 14.8 Å². The molecule has 1 amide bonds. The quantitative estimate of drug-likeness (QED) is 0.164. The number of ether oxygens (including phenoxy) is 2. The molecule has 0 saturated heterocycles. The minimum absolute atomic E-state index is 0.0121. The van der Waals surface area contributed by atoms with Crippen molar-refractivity contribution in [3.63, 3.8) is 0 Å². The highest BCUT2D eigenvalue weighted by atomic mass is 32.1. The maximum atomic E-state index is 12.6. The number of nitriles is 1. The average Bonchev–Trinajstić information content (AvgIpc) is 3.37. The first kappa shape index (κ1) is 24.7. The van der Waals surface area contributed by atoms with Gasteiger partial charge in [0.25, 0.3) is 5.91 Å². The van der Waals surface area contributed by atoms with Crippen LogP contribution in [0.4, 0.5) is 5.13 Å². The number of anilines is 1. The standard InChI is InChI=1S/C29H25N3O3S/c1-20-8-11-26(16-21(20)2)35-15-14-34-25-12-9-22(10-13-25)17-24(18-30)28(33)32-29-31-27(19-36-29)23-6-4-3-5-7-23/h3-13,16-17,19H,14-15H2,1-2H3,(H,31,32,33)/b24-17-. The molecule has 0 spiro atoms. The number of aryl methyl sites for hydroxylation is 2. The maximum absolute atomic E-state index is 12.6. The van der Waals surface area contributed by atoms with Crippen molar-refractivity contribution in [3.8, 4) is 28.8 Å². The van der Waals surface area contributed by atoms with Crippen LogP contribution in [0.2, 0.25) is 0 Å². The lowest BCUT2D eigenvalue weighted by Gasteiger charge is -2.10. The van der Waals surface area contributed by atoms with Crippen LogP contribution in [0.3, 0.4) is 0 Å². The van der Waals surface area contributed by atoms with E-state index >= 15 is 0 Å². The Bertz CT molecular complexity index is 1400. The molecule has 0 unspecified atom stereocenters. The molecule has 1 aromatic heterocycles. The van der Waals surface area contributed by atoms with Crippen molar-refractivity contribution in [3.05, 3.63) is 100 Å². The molecule has 0 fully saturated rings. The van der Waals surface area contributed by atoms with E-state index in [9.17, 15) is 10.1 Å². The monoisotopic (exact) mass is 495 g/mol. The molecule has 0 bridgehead atoms. The summed E-state index contributed by atoms with van der Waals surface area (Å²) in [6, 6.07) is 24.8. The van der Waals surface area contributed by atoms with E-state index in [0.29, 0.717) is 29.7 Å². The molecule has 0 radical (unpaired) electrons. The normalized spacial score (nSPS) is 11.0. The van der Waals surface area contributed by atoms with Crippen LogP contribution in [0.1, 0.15) is 16.7 Å². The van der Waals surface area contributed by atoms with Crippen LogP contribution in [0.5, 0.6) is 11.5 Å². The van der Waals surface area contributed by atoms with Crippen LogP contribution in [-0.4, -0.2) is 24.1 Å². The Labute approximate surface area is 214 Å². The minimum atomic E-state index is -0.504. The van der Waals surface area contributed by atoms with Gasteiger partial charge < -0.3 is 9.47 Å². The summed E-state index contributed by atoms with van der Waals surface area (Å²) in [6.45, 7) is 4.94. The van der Waals surface area contributed by atoms with Gasteiger partial charge in [0.1, 0.15) is 36.4 Å². The fraction of sp³-hybridized carbons (Fsp3) is 0.138. The summed E-state index contributed by atoms with van der Waals surface area (Å²) in [5.41, 5.74) is 4.85. The molecule has 0 atom stereocenters. The topological polar surface area (TPSA) is 84.2 Å². The van der Waals surface area contributed by atoms with Gasteiger partial charge in [0, 0.05) is 10.9 Å². The van der Waals surface area contributed by atoms with Gasteiger partial charge in [0.2, 0.25) is 0 Å². The number of carbonyl (C=O) groups excluding carboxylic acids is 1. The lowest BCUT2D eigenvalue weighted by atomic mass is 10.1. The summed E-state index contributed by atoms with van der Waals surface area (Å²) < 4.78 is 11.5. The Morgan fingerprint density at radius 2 is 1.67 bits per heavy atom. The number of rotatable bonds is 9. The molecule has 1 heterocycles. The number of hydrogen-bond acceptors (Lipinski definition) is 6. The smallest absolute Gasteiger partial charge is 0.268 e. The lowest BCUT2D eigenvalue weighted by molar-refractivity contribution is -0.112. The van der Waals surface area contributed by atoms with Crippen LogP contribution in [0.25, 0.3) is 17.3 Å². The molecule has 3 aromatic carbocycles. The van der Waals surface area contributed by atoms with Crippen molar-refractivity contribution in [1.29, 1.82) is 5.26 Å². The minimum Gasteiger partial charge on any atom is -0.490 e. The second-order valence-corrected chi connectivity index (χ2v) is 8.90. The van der Waals surface area contributed by atoms with Gasteiger partial charge in [-0.3, -0.25) is 10.1 Å². The highest BCUT2D eigenvalue weighted by molar-refractivity contribution is 7.14. The first-order valence-electron chi connectivity index (χ1n) is 11.4. The largest absolute Gasteiger partial charge is 0.490 e. The zero-order chi connectivity index (χ0) is 25.3. The third-order valence-electron chi connectivity index (χ3n) is 5.45. The third-order valence-corrected chi connectivity index (χ3v) is 6.21. The number of thiazole rings is 1. The zero-order valence-electron chi connectivity index (χ0n) is 20.0. The van der Waals surface area contributed by atoms with Gasteiger partial charge in [-0.2, -0.15) is 5.26 Å². The molecule has 0 aliphatic carbocycles. The summed E-state index contributed by atoms with van der Waals surface area (Å²) in [6.07, 6.45) is 1.54. The molecule has 180 valence electrons. The molecule has 0 aliphatic heterocycles. The molecule has 4 rings (SSSR count). The second-order valence-electron chi connectivity index (χ2n) is 8.04. The van der Waals surface area contributed by atoms with Gasteiger partial charge in [-0.1, -0.05) is 48.5 Å². The van der Waals surface area contributed by atoms with Crippen molar-refractivity contribution in [2.24, 2.45) is 0 Å². The molecule has 1 N–H and O–H groups in total. The summed E-state index contributed by atoms with van der Waals surface area (Å²) in [5.74, 6) is 0.990. The number of amides is 1. The summed E-state index contributed by atoms with van der Waals surface area (Å²) in [7, 11) is 0. The number of hydrogen-bond donors (Lipinski definition) is 1. The van der Waals surface area contributed by atoms with Gasteiger partial charge in [0.15, 0.2) is 5.13 Å². The van der Waals surface area contributed by atoms with E-state index in [2.05, 4.69) is 24.1 Å². The Morgan fingerprint density at radius 1 is 0.972 bits per heavy atom. The van der Waals surface area contributed by atoms with E-state index < -0.39 is 5.91 Å².